The van der Waals surface area contributed by atoms with E-state index in [9.17, 15) is 9.00 Å². The van der Waals surface area contributed by atoms with Crippen LogP contribution in [0.5, 0.6) is 0 Å². The molecular weight excluding hydrogens is 248 g/mol. The largest absolute Gasteiger partial charge is 0.356 e. The molecule has 1 amide bonds. The van der Waals surface area contributed by atoms with Crippen LogP contribution in [-0.2, 0) is 15.6 Å². The number of hydrogen-bond acceptors (Lipinski definition) is 3. The minimum Gasteiger partial charge on any atom is -0.356 e. The summed E-state index contributed by atoms with van der Waals surface area (Å²) in [5.74, 6) is 0.783. The Hall–Kier alpha value is -0.420. The monoisotopic (exact) mass is 274 g/mol. The first kappa shape index (κ1) is 15.6. The first-order chi connectivity index (χ1) is 8.58. The molecule has 0 heterocycles. The van der Waals surface area contributed by atoms with E-state index in [-0.39, 0.29) is 11.4 Å². The second-order valence-corrected chi connectivity index (χ2v) is 6.80. The lowest BCUT2D eigenvalue weighted by Gasteiger charge is -2.36. The summed E-state index contributed by atoms with van der Waals surface area (Å²) < 4.78 is 10.9. The van der Waals surface area contributed by atoms with Crippen molar-refractivity contribution in [1.29, 1.82) is 0 Å². The number of carbonyl (C=O) groups is 1. The molecule has 106 valence electrons. The first-order valence-electron chi connectivity index (χ1n) is 6.84. The average molecular weight is 274 g/mol. The van der Waals surface area contributed by atoms with E-state index in [0.717, 1.165) is 19.3 Å². The molecule has 0 aromatic carbocycles. The second kappa shape index (κ2) is 7.89. The predicted octanol–water partition coefficient (Wildman–Crippen LogP) is 1.18. The molecule has 0 bridgehead atoms. The molecule has 1 unspecified atom stereocenters. The molecule has 1 rings (SSSR count). The molecule has 5 heteroatoms. The molecule has 1 atom stereocenters. The fourth-order valence-corrected chi connectivity index (χ4v) is 3.17. The van der Waals surface area contributed by atoms with Crippen LogP contribution in [0.1, 0.15) is 44.9 Å². The number of carbonyl (C=O) groups excluding carboxylic acids is 1. The molecule has 4 nitrogen and oxygen atoms in total. The van der Waals surface area contributed by atoms with Crippen molar-refractivity contribution in [2.24, 2.45) is 0 Å². The van der Waals surface area contributed by atoms with Crippen LogP contribution in [0.25, 0.3) is 0 Å². The van der Waals surface area contributed by atoms with Gasteiger partial charge in [-0.3, -0.25) is 9.00 Å². The van der Waals surface area contributed by atoms with E-state index in [2.05, 4.69) is 10.6 Å². The fourth-order valence-electron chi connectivity index (χ4n) is 2.62. The Kier molecular flexibility index (Phi) is 6.86. The number of hydrogen-bond donors (Lipinski definition) is 2. The zero-order valence-electron chi connectivity index (χ0n) is 11.6. The van der Waals surface area contributed by atoms with Gasteiger partial charge in [-0.25, -0.2) is 0 Å². The van der Waals surface area contributed by atoms with Crippen LogP contribution in [0.2, 0.25) is 0 Å². The molecule has 2 N–H and O–H groups in total. The summed E-state index contributed by atoms with van der Waals surface area (Å²) >= 11 is 0. The summed E-state index contributed by atoms with van der Waals surface area (Å²) in [7, 11) is 1.20. The molecule has 1 aliphatic rings. The average Bonchev–Trinajstić information content (AvgIpc) is 2.35. The van der Waals surface area contributed by atoms with Crippen LogP contribution in [0.15, 0.2) is 0 Å². The van der Waals surface area contributed by atoms with Crippen LogP contribution in [0.4, 0.5) is 0 Å². The minimum atomic E-state index is -0.760. The van der Waals surface area contributed by atoms with Gasteiger partial charge in [-0.05, 0) is 26.3 Å². The molecule has 0 radical (unpaired) electrons. The normalized spacial score (nSPS) is 20.3. The Balaban J connectivity index is 2.26. The number of nitrogens with one attached hydrogen (secondary N) is 2. The van der Waals surface area contributed by atoms with Gasteiger partial charge in [-0.2, -0.15) is 0 Å². The van der Waals surface area contributed by atoms with Gasteiger partial charge in [0.05, 0.1) is 0 Å². The highest BCUT2D eigenvalue weighted by atomic mass is 32.2. The Morgan fingerprint density at radius 1 is 1.28 bits per heavy atom. The third-order valence-electron chi connectivity index (χ3n) is 3.77. The molecule has 18 heavy (non-hydrogen) atoms. The van der Waals surface area contributed by atoms with Crippen molar-refractivity contribution in [2.75, 3.05) is 25.6 Å². The molecule has 0 saturated heterocycles. The standard InChI is InChI=1S/C13H26N2O2S/c1-14-13(7-4-3-5-8-13)11-12(16)15-9-6-10-18(2)17/h14H,3-11H2,1-2H3,(H,15,16). The summed E-state index contributed by atoms with van der Waals surface area (Å²) in [6, 6.07) is 0. The van der Waals surface area contributed by atoms with Gasteiger partial charge in [0.25, 0.3) is 0 Å². The first-order valence-corrected chi connectivity index (χ1v) is 8.56. The Bertz CT molecular complexity index is 289. The lowest BCUT2D eigenvalue weighted by molar-refractivity contribution is -0.122. The number of rotatable bonds is 7. The molecule has 1 aliphatic carbocycles. The van der Waals surface area contributed by atoms with Gasteiger partial charge in [0.1, 0.15) is 0 Å². The highest BCUT2D eigenvalue weighted by molar-refractivity contribution is 7.84. The van der Waals surface area contributed by atoms with Gasteiger partial charge in [0.15, 0.2) is 0 Å². The van der Waals surface area contributed by atoms with Gasteiger partial charge in [-0.15, -0.1) is 0 Å². The lowest BCUT2D eigenvalue weighted by Crippen LogP contribution is -2.48. The fraction of sp³-hybridized carbons (Fsp3) is 0.923. The zero-order valence-corrected chi connectivity index (χ0v) is 12.4. The van der Waals surface area contributed by atoms with Crippen molar-refractivity contribution in [3.05, 3.63) is 0 Å². The third-order valence-corrected chi connectivity index (χ3v) is 4.63. The van der Waals surface area contributed by atoms with Crippen molar-refractivity contribution in [3.63, 3.8) is 0 Å². The molecule has 0 spiro atoms. The summed E-state index contributed by atoms with van der Waals surface area (Å²) in [4.78, 5) is 11.9. The Morgan fingerprint density at radius 3 is 2.50 bits per heavy atom. The van der Waals surface area contributed by atoms with E-state index < -0.39 is 10.8 Å². The smallest absolute Gasteiger partial charge is 0.221 e. The maximum absolute atomic E-state index is 11.9. The predicted molar refractivity (Wildman–Crippen MR) is 76.1 cm³/mol. The minimum absolute atomic E-state index is 0.00983. The van der Waals surface area contributed by atoms with Crippen molar-refractivity contribution < 1.29 is 9.00 Å². The SMILES string of the molecule is CNC1(CC(=O)NCCCS(C)=O)CCCCC1. The van der Waals surface area contributed by atoms with Gasteiger partial charge in [-0.1, -0.05) is 19.3 Å². The third kappa shape index (κ3) is 5.48. The molecule has 0 aromatic rings. The maximum Gasteiger partial charge on any atom is 0.221 e. The summed E-state index contributed by atoms with van der Waals surface area (Å²) in [5, 5.41) is 6.28. The zero-order chi connectivity index (χ0) is 13.4. The molecule has 0 aromatic heterocycles. The van der Waals surface area contributed by atoms with Gasteiger partial charge in [0.2, 0.25) is 5.91 Å². The van der Waals surface area contributed by atoms with Crippen LogP contribution in [-0.4, -0.2) is 41.3 Å². The van der Waals surface area contributed by atoms with E-state index in [0.29, 0.717) is 18.7 Å². The summed E-state index contributed by atoms with van der Waals surface area (Å²) in [6.45, 7) is 0.637. The van der Waals surface area contributed by atoms with E-state index in [1.165, 1.54) is 19.3 Å². The van der Waals surface area contributed by atoms with Crippen molar-refractivity contribution in [1.82, 2.24) is 10.6 Å². The highest BCUT2D eigenvalue weighted by Crippen LogP contribution is 2.30. The number of amides is 1. The van der Waals surface area contributed by atoms with Gasteiger partial charge < -0.3 is 10.6 Å². The second-order valence-electron chi connectivity index (χ2n) is 5.25. The van der Waals surface area contributed by atoms with Crippen LogP contribution < -0.4 is 10.6 Å². The Labute approximate surface area is 113 Å². The van der Waals surface area contributed by atoms with E-state index in [1.807, 2.05) is 7.05 Å². The molecule has 0 aliphatic heterocycles. The Morgan fingerprint density at radius 2 is 1.94 bits per heavy atom. The molecule has 1 fully saturated rings. The summed E-state index contributed by atoms with van der Waals surface area (Å²) in [5.41, 5.74) is 0.00983. The van der Waals surface area contributed by atoms with Crippen molar-refractivity contribution >= 4 is 16.7 Å². The van der Waals surface area contributed by atoms with Gasteiger partial charge in [0, 0.05) is 41.3 Å². The lowest BCUT2D eigenvalue weighted by atomic mass is 9.79. The molecule has 1 saturated carbocycles. The topological polar surface area (TPSA) is 58.2 Å². The van der Waals surface area contributed by atoms with E-state index in [4.69, 9.17) is 0 Å². The van der Waals surface area contributed by atoms with Crippen molar-refractivity contribution in [3.8, 4) is 0 Å². The quantitative estimate of drug-likeness (QED) is 0.686. The van der Waals surface area contributed by atoms with Gasteiger partial charge >= 0.3 is 0 Å². The maximum atomic E-state index is 11.9. The van der Waals surface area contributed by atoms with E-state index in [1.54, 1.807) is 6.26 Å². The van der Waals surface area contributed by atoms with E-state index >= 15 is 0 Å². The van der Waals surface area contributed by atoms with Crippen LogP contribution in [0, 0.1) is 0 Å². The highest BCUT2D eigenvalue weighted by Gasteiger charge is 2.32. The van der Waals surface area contributed by atoms with Crippen LogP contribution in [0.3, 0.4) is 0 Å². The molecular formula is C13H26N2O2S. The van der Waals surface area contributed by atoms with Crippen molar-refractivity contribution in [2.45, 2.75) is 50.5 Å². The summed E-state index contributed by atoms with van der Waals surface area (Å²) in [6.07, 6.45) is 8.95. The van der Waals surface area contributed by atoms with Crippen LogP contribution >= 0.6 is 0 Å².